The molecule has 70 heavy (non-hydrogen) atoms. The van der Waals surface area contributed by atoms with E-state index in [2.05, 4.69) is 221 Å². The Morgan fingerprint density at radius 3 is 1.67 bits per heavy atom. The van der Waals surface area contributed by atoms with Crippen LogP contribution in [0.25, 0.3) is 142 Å². The van der Waals surface area contributed by atoms with E-state index in [1.54, 1.807) is 11.3 Å². The van der Waals surface area contributed by atoms with Crippen molar-refractivity contribution in [2.75, 3.05) is 0 Å². The van der Waals surface area contributed by atoms with Crippen molar-refractivity contribution in [1.82, 2.24) is 24.1 Å². The minimum atomic E-state index is 0.555. The van der Waals surface area contributed by atoms with Gasteiger partial charge in [0.2, 0.25) is 5.95 Å². The van der Waals surface area contributed by atoms with Crippen LogP contribution in [-0.2, 0) is 0 Å². The molecule has 0 bridgehead atoms. The van der Waals surface area contributed by atoms with E-state index in [0.29, 0.717) is 17.6 Å². The van der Waals surface area contributed by atoms with Gasteiger partial charge in [0.15, 0.2) is 11.6 Å². The number of rotatable bonds is 6. The fourth-order valence-corrected chi connectivity index (χ4v) is 11.9. The summed E-state index contributed by atoms with van der Waals surface area (Å²) >= 11 is 1.79. The number of hydrogen-bond acceptors (Lipinski definition) is 5. The Labute approximate surface area is 404 Å². The van der Waals surface area contributed by atoms with Crippen molar-refractivity contribution < 1.29 is 4.42 Å². The average Bonchev–Trinajstić information content (AvgIpc) is 4.18. The van der Waals surface area contributed by atoms with Crippen LogP contribution in [0.1, 0.15) is 0 Å². The van der Waals surface area contributed by atoms with Gasteiger partial charge in [-0.2, -0.15) is 9.97 Å². The first kappa shape index (κ1) is 38.9. The van der Waals surface area contributed by atoms with E-state index in [0.717, 1.165) is 77.2 Å². The summed E-state index contributed by atoms with van der Waals surface area (Å²) in [5, 5.41) is 9.18. The summed E-state index contributed by atoms with van der Waals surface area (Å²) < 4.78 is 13.6. The Morgan fingerprint density at radius 1 is 0.329 bits per heavy atom. The number of thiophene rings is 1. The van der Waals surface area contributed by atoms with Gasteiger partial charge in [0.1, 0.15) is 11.2 Å². The highest BCUT2D eigenvalue weighted by Gasteiger charge is 2.22. The highest BCUT2D eigenvalue weighted by Crippen LogP contribution is 2.42. The zero-order valence-electron chi connectivity index (χ0n) is 37.4. The summed E-state index contributed by atoms with van der Waals surface area (Å²) in [6.07, 6.45) is 0. The second-order valence-corrected chi connectivity index (χ2v) is 19.0. The van der Waals surface area contributed by atoms with E-state index in [1.807, 2.05) is 12.1 Å². The van der Waals surface area contributed by atoms with Crippen LogP contribution >= 0.6 is 11.3 Å². The predicted molar refractivity (Wildman–Crippen MR) is 290 cm³/mol. The summed E-state index contributed by atoms with van der Waals surface area (Å²) in [6.45, 7) is 0. The molecule has 15 rings (SSSR count). The Bertz CT molecular complexity index is 4560. The first-order valence-electron chi connectivity index (χ1n) is 23.5. The monoisotopic (exact) mass is 911 g/mol. The molecule has 0 saturated carbocycles. The van der Waals surface area contributed by atoms with Crippen LogP contribution < -0.4 is 0 Å². The summed E-state index contributed by atoms with van der Waals surface area (Å²) in [4.78, 5) is 16.1. The third-order valence-electron chi connectivity index (χ3n) is 14.0. The van der Waals surface area contributed by atoms with Gasteiger partial charge in [-0.1, -0.05) is 146 Å². The second-order valence-electron chi connectivity index (χ2n) is 18.0. The molecule has 5 aromatic heterocycles. The molecule has 15 aromatic rings. The maximum atomic E-state index is 6.64. The smallest absolute Gasteiger partial charge is 0.238 e. The third-order valence-corrected chi connectivity index (χ3v) is 15.1. The van der Waals surface area contributed by atoms with E-state index >= 15 is 0 Å². The van der Waals surface area contributed by atoms with E-state index in [-0.39, 0.29) is 0 Å². The van der Waals surface area contributed by atoms with Crippen LogP contribution in [0.5, 0.6) is 0 Å². The van der Waals surface area contributed by atoms with Crippen LogP contribution in [-0.4, -0.2) is 24.1 Å². The number of para-hydroxylation sites is 4. The molecule has 0 radical (unpaired) electrons. The first-order valence-corrected chi connectivity index (χ1v) is 24.3. The van der Waals surface area contributed by atoms with Crippen molar-refractivity contribution >= 4 is 97.1 Å². The Balaban J connectivity index is 0.892. The lowest BCUT2D eigenvalue weighted by Crippen LogP contribution is -2.06. The predicted octanol–water partition coefficient (Wildman–Crippen LogP) is 17.0. The number of hydrogen-bond donors (Lipinski definition) is 0. The van der Waals surface area contributed by atoms with Crippen molar-refractivity contribution in [3.8, 4) is 56.7 Å². The van der Waals surface area contributed by atoms with Crippen molar-refractivity contribution in [3.63, 3.8) is 0 Å². The van der Waals surface area contributed by atoms with E-state index < -0.39 is 0 Å². The Morgan fingerprint density at radius 2 is 0.900 bits per heavy atom. The van der Waals surface area contributed by atoms with Crippen molar-refractivity contribution in [1.29, 1.82) is 0 Å². The molecule has 0 saturated heterocycles. The van der Waals surface area contributed by atoms with Gasteiger partial charge in [0.25, 0.3) is 0 Å². The molecule has 0 aliphatic carbocycles. The molecule has 5 heterocycles. The fraction of sp³-hybridized carbons (Fsp3) is 0. The van der Waals surface area contributed by atoms with Crippen LogP contribution in [0.4, 0.5) is 0 Å². The highest BCUT2D eigenvalue weighted by molar-refractivity contribution is 7.25. The van der Waals surface area contributed by atoms with Crippen molar-refractivity contribution in [3.05, 3.63) is 224 Å². The largest absolute Gasteiger partial charge is 0.456 e. The van der Waals surface area contributed by atoms with E-state index in [1.165, 1.54) is 47.5 Å². The summed E-state index contributed by atoms with van der Waals surface area (Å²) in [5.41, 5.74) is 13.5. The molecular weight excluding hydrogens is 875 g/mol. The Kier molecular flexibility index (Phi) is 8.43. The maximum absolute atomic E-state index is 6.64. The van der Waals surface area contributed by atoms with Crippen molar-refractivity contribution in [2.45, 2.75) is 0 Å². The zero-order chi connectivity index (χ0) is 45.9. The molecule has 0 aliphatic rings. The van der Waals surface area contributed by atoms with Gasteiger partial charge >= 0.3 is 0 Å². The molecule has 0 fully saturated rings. The summed E-state index contributed by atoms with van der Waals surface area (Å²) in [5.74, 6) is 1.73. The van der Waals surface area contributed by atoms with Crippen LogP contribution in [0.15, 0.2) is 229 Å². The lowest BCUT2D eigenvalue weighted by Gasteiger charge is -2.11. The molecule has 0 amide bonds. The maximum Gasteiger partial charge on any atom is 0.238 e. The number of furan rings is 1. The Hall–Kier alpha value is -9.17. The van der Waals surface area contributed by atoms with Gasteiger partial charge in [-0.05, 0) is 101 Å². The van der Waals surface area contributed by atoms with Gasteiger partial charge < -0.3 is 8.98 Å². The van der Waals surface area contributed by atoms with Crippen LogP contribution in [0, 0.1) is 0 Å². The first-order chi connectivity index (χ1) is 34.7. The van der Waals surface area contributed by atoms with E-state index in [4.69, 9.17) is 19.4 Å². The molecule has 326 valence electrons. The zero-order valence-corrected chi connectivity index (χ0v) is 38.2. The summed E-state index contributed by atoms with van der Waals surface area (Å²) in [7, 11) is 0. The SMILES string of the molecule is c1ccc(-n2c3ccccc3c3cc(-c4cccc(-c5ccc6oc7cccc(-c8nc(-c9ccc%10c(c9)sc9ccccc9%10)nc(-n9c%10ccccc%10c%10ccccc%109)n8)c7c6c5)c4)ccc32)cc1. The minimum absolute atomic E-state index is 0.555. The van der Waals surface area contributed by atoms with Crippen molar-refractivity contribution in [2.24, 2.45) is 0 Å². The molecular formula is C63H37N5OS. The van der Waals surface area contributed by atoms with Gasteiger partial charge in [0.05, 0.1) is 22.1 Å². The average molecular weight is 912 g/mol. The molecule has 0 aliphatic heterocycles. The molecule has 0 N–H and O–H groups in total. The molecule has 0 unspecified atom stereocenters. The van der Waals surface area contributed by atoms with Gasteiger partial charge in [-0.25, -0.2) is 4.98 Å². The number of nitrogens with zero attached hydrogens (tertiary/aromatic N) is 5. The molecule has 10 aromatic carbocycles. The highest BCUT2D eigenvalue weighted by atomic mass is 32.1. The molecule has 6 nitrogen and oxygen atoms in total. The van der Waals surface area contributed by atoms with Gasteiger partial charge in [-0.3, -0.25) is 4.57 Å². The molecule has 0 spiro atoms. The number of aromatic nitrogens is 5. The standard InChI is InChI=1S/C63H37N5OS/c1-2-16-43(17-3-1)67-52-23-8-6-20-46(52)50-35-40(29-32-55(50)67)38-14-12-15-39(34-38)41-30-33-56-51(36-41)60-49(22-13-26-57(60)69-56)62-64-61(42-28-31-48-47-21-7-11-27-58(47)70-59(48)37-42)65-63(66-62)68-53-24-9-4-18-44(53)45-19-5-10-25-54(45)68/h1-37H. The molecule has 7 heteroatoms. The normalized spacial score (nSPS) is 12.0. The lowest BCUT2D eigenvalue weighted by molar-refractivity contribution is 0.669. The molecule has 0 atom stereocenters. The van der Waals surface area contributed by atoms with E-state index in [9.17, 15) is 0 Å². The third kappa shape index (κ3) is 5.95. The lowest BCUT2D eigenvalue weighted by atomic mass is 9.96. The fourth-order valence-electron chi connectivity index (χ4n) is 10.8. The van der Waals surface area contributed by atoms with Crippen LogP contribution in [0.2, 0.25) is 0 Å². The topological polar surface area (TPSA) is 61.7 Å². The quantitative estimate of drug-likeness (QED) is 0.167. The summed E-state index contributed by atoms with van der Waals surface area (Å²) in [6, 6.07) is 79.8. The number of fused-ring (bicyclic) bond motifs is 12. The number of benzene rings is 10. The minimum Gasteiger partial charge on any atom is -0.456 e. The van der Waals surface area contributed by atoms with Gasteiger partial charge in [0, 0.05) is 69.3 Å². The second kappa shape index (κ2) is 15.2. The van der Waals surface area contributed by atoms with Gasteiger partial charge in [-0.15, -0.1) is 11.3 Å². The van der Waals surface area contributed by atoms with Crippen LogP contribution in [0.3, 0.4) is 0 Å².